The summed E-state index contributed by atoms with van der Waals surface area (Å²) in [5.74, 6) is 0.429. The molecule has 2 unspecified atom stereocenters. The first kappa shape index (κ1) is 15.9. The average Bonchev–Trinajstić information content (AvgIpc) is 2.21. The lowest BCUT2D eigenvalue weighted by molar-refractivity contribution is 0.382. The monoisotopic (exact) mass is 250 g/mol. The van der Waals surface area contributed by atoms with Crippen molar-refractivity contribution in [2.45, 2.75) is 71.0 Å². The number of unbranched alkanes of at least 4 members (excludes halogenated alkanes) is 1. The second-order valence-electron chi connectivity index (χ2n) is 4.58. The first-order valence-corrected chi connectivity index (χ1v) is 7.92. The van der Waals surface area contributed by atoms with Gasteiger partial charge in [-0.05, 0) is 18.8 Å². The summed E-state index contributed by atoms with van der Waals surface area (Å²) < 4.78 is 31.6. The molecule has 0 spiro atoms. The van der Waals surface area contributed by atoms with Crippen molar-refractivity contribution in [2.24, 2.45) is 5.92 Å². The first-order valence-electron chi connectivity index (χ1n) is 6.41. The van der Waals surface area contributed by atoms with E-state index < -0.39 is 15.4 Å². The molecule has 4 heteroatoms. The molecule has 0 saturated heterocycles. The van der Waals surface area contributed by atoms with E-state index >= 15 is 0 Å². The van der Waals surface area contributed by atoms with Gasteiger partial charge >= 0.3 is 0 Å². The Bertz CT molecular complexity index is 259. The van der Waals surface area contributed by atoms with Crippen molar-refractivity contribution >= 4 is 10.1 Å². The fourth-order valence-corrected chi connectivity index (χ4v) is 3.11. The Hall–Kier alpha value is -0.0900. The summed E-state index contributed by atoms with van der Waals surface area (Å²) >= 11 is 0. The molecule has 98 valence electrons. The predicted octanol–water partition coefficient (Wildman–Crippen LogP) is 3.65. The Balaban J connectivity index is 4.35. The maximum atomic E-state index is 11.2. The predicted molar refractivity (Wildman–Crippen MR) is 68.2 cm³/mol. The number of hydrogen-bond donors (Lipinski definition) is 1. The number of rotatable bonds is 9. The lowest BCUT2D eigenvalue weighted by atomic mass is 9.93. The van der Waals surface area contributed by atoms with Crippen LogP contribution < -0.4 is 0 Å². The zero-order chi connectivity index (χ0) is 12.6. The van der Waals surface area contributed by atoms with Crippen molar-refractivity contribution in [3.63, 3.8) is 0 Å². The summed E-state index contributed by atoms with van der Waals surface area (Å²) in [7, 11) is -3.86. The third-order valence-electron chi connectivity index (χ3n) is 3.17. The molecule has 0 bridgehead atoms. The zero-order valence-corrected chi connectivity index (χ0v) is 11.6. The molecule has 0 radical (unpaired) electrons. The molecule has 0 amide bonds. The fourth-order valence-electron chi connectivity index (χ4n) is 2.06. The molecule has 1 N–H and O–H groups in total. The van der Waals surface area contributed by atoms with Gasteiger partial charge in [-0.25, -0.2) is 0 Å². The quantitative estimate of drug-likeness (QED) is 0.635. The largest absolute Gasteiger partial charge is 0.285 e. The van der Waals surface area contributed by atoms with Gasteiger partial charge in [0.2, 0.25) is 0 Å². The third kappa shape index (κ3) is 6.48. The summed E-state index contributed by atoms with van der Waals surface area (Å²) in [6.07, 6.45) is 6.33. The molecule has 3 nitrogen and oxygen atoms in total. The van der Waals surface area contributed by atoms with Gasteiger partial charge in [-0.3, -0.25) is 4.55 Å². The molecule has 0 rings (SSSR count). The molecule has 0 aliphatic heterocycles. The van der Waals surface area contributed by atoms with Crippen molar-refractivity contribution in [1.82, 2.24) is 0 Å². The van der Waals surface area contributed by atoms with Crippen LogP contribution in [-0.2, 0) is 10.1 Å². The van der Waals surface area contributed by atoms with Crippen LogP contribution in [-0.4, -0.2) is 18.2 Å². The van der Waals surface area contributed by atoms with E-state index in [-0.39, 0.29) is 0 Å². The van der Waals surface area contributed by atoms with Gasteiger partial charge in [-0.2, -0.15) is 8.42 Å². The normalized spacial score (nSPS) is 16.0. The van der Waals surface area contributed by atoms with Crippen LogP contribution in [0.3, 0.4) is 0 Å². The van der Waals surface area contributed by atoms with E-state index in [0.29, 0.717) is 18.8 Å². The summed E-state index contributed by atoms with van der Waals surface area (Å²) in [6.45, 7) is 6.18. The van der Waals surface area contributed by atoms with Crippen molar-refractivity contribution < 1.29 is 13.0 Å². The minimum absolute atomic E-state index is 0.429. The summed E-state index contributed by atoms with van der Waals surface area (Å²) in [5.41, 5.74) is 0. The second kappa shape index (κ2) is 8.07. The third-order valence-corrected chi connectivity index (χ3v) is 4.44. The van der Waals surface area contributed by atoms with Crippen LogP contribution in [0.25, 0.3) is 0 Å². The molecule has 0 aliphatic carbocycles. The standard InChI is InChI=1S/C12H26O3S/c1-4-7-9-11(6-3)10-12(8-5-2)16(13,14)15/h11-12H,4-10H2,1-3H3,(H,13,14,15). The Kier molecular flexibility index (Phi) is 8.02. The lowest BCUT2D eigenvalue weighted by Crippen LogP contribution is -2.23. The molecule has 0 saturated carbocycles. The van der Waals surface area contributed by atoms with Gasteiger partial charge in [0.1, 0.15) is 0 Å². The lowest BCUT2D eigenvalue weighted by Gasteiger charge is -2.20. The van der Waals surface area contributed by atoms with Crippen LogP contribution in [0.5, 0.6) is 0 Å². The highest BCUT2D eigenvalue weighted by Gasteiger charge is 2.24. The SMILES string of the molecule is CCCCC(CC)CC(CCC)S(=O)(=O)O. The topological polar surface area (TPSA) is 54.4 Å². The molecule has 16 heavy (non-hydrogen) atoms. The Morgan fingerprint density at radius 2 is 1.69 bits per heavy atom. The molecule has 0 aromatic heterocycles. The summed E-state index contributed by atoms with van der Waals surface area (Å²) in [4.78, 5) is 0. The Morgan fingerprint density at radius 3 is 2.06 bits per heavy atom. The van der Waals surface area contributed by atoms with E-state index in [2.05, 4.69) is 13.8 Å². The molecule has 0 aromatic rings. The Labute approximate surface area is 100 Å². The second-order valence-corrected chi connectivity index (χ2v) is 6.27. The average molecular weight is 250 g/mol. The van der Waals surface area contributed by atoms with Gasteiger partial charge in [0.05, 0.1) is 5.25 Å². The highest BCUT2D eigenvalue weighted by Crippen LogP contribution is 2.23. The molecule has 0 fully saturated rings. The maximum Gasteiger partial charge on any atom is 0.267 e. The maximum absolute atomic E-state index is 11.2. The van der Waals surface area contributed by atoms with Crippen LogP contribution in [0.15, 0.2) is 0 Å². The number of hydrogen-bond acceptors (Lipinski definition) is 2. The van der Waals surface area contributed by atoms with E-state index in [1.54, 1.807) is 0 Å². The molecular formula is C12H26O3S. The molecule has 2 atom stereocenters. The smallest absolute Gasteiger partial charge is 0.267 e. The van der Waals surface area contributed by atoms with Crippen LogP contribution in [0.2, 0.25) is 0 Å². The highest BCUT2D eigenvalue weighted by atomic mass is 32.2. The van der Waals surface area contributed by atoms with Gasteiger partial charge in [0.15, 0.2) is 0 Å². The molecule has 0 aromatic carbocycles. The van der Waals surface area contributed by atoms with Crippen molar-refractivity contribution in [1.29, 1.82) is 0 Å². The fraction of sp³-hybridized carbons (Fsp3) is 1.00. The Morgan fingerprint density at radius 1 is 1.06 bits per heavy atom. The first-order chi connectivity index (χ1) is 7.45. The molecule has 0 aliphatic rings. The van der Waals surface area contributed by atoms with E-state index in [1.165, 1.54) is 0 Å². The van der Waals surface area contributed by atoms with E-state index in [4.69, 9.17) is 4.55 Å². The van der Waals surface area contributed by atoms with E-state index in [9.17, 15) is 8.42 Å². The highest BCUT2D eigenvalue weighted by molar-refractivity contribution is 7.86. The van der Waals surface area contributed by atoms with Gasteiger partial charge in [0, 0.05) is 0 Å². The van der Waals surface area contributed by atoms with Crippen LogP contribution in [0.4, 0.5) is 0 Å². The van der Waals surface area contributed by atoms with Crippen molar-refractivity contribution in [2.75, 3.05) is 0 Å². The van der Waals surface area contributed by atoms with Crippen LogP contribution in [0.1, 0.15) is 65.7 Å². The van der Waals surface area contributed by atoms with Gasteiger partial charge in [-0.15, -0.1) is 0 Å². The minimum atomic E-state index is -3.86. The van der Waals surface area contributed by atoms with Crippen LogP contribution in [0, 0.1) is 5.92 Å². The van der Waals surface area contributed by atoms with Gasteiger partial charge in [0.25, 0.3) is 10.1 Å². The van der Waals surface area contributed by atoms with E-state index in [0.717, 1.165) is 32.1 Å². The zero-order valence-electron chi connectivity index (χ0n) is 10.8. The molecular weight excluding hydrogens is 224 g/mol. The molecule has 0 heterocycles. The van der Waals surface area contributed by atoms with Crippen molar-refractivity contribution in [3.8, 4) is 0 Å². The van der Waals surface area contributed by atoms with Crippen LogP contribution >= 0.6 is 0 Å². The summed E-state index contributed by atoms with van der Waals surface area (Å²) in [5, 5.41) is -0.556. The van der Waals surface area contributed by atoms with E-state index in [1.807, 2.05) is 6.92 Å². The van der Waals surface area contributed by atoms with Crippen molar-refractivity contribution in [3.05, 3.63) is 0 Å². The van der Waals surface area contributed by atoms with Gasteiger partial charge < -0.3 is 0 Å². The minimum Gasteiger partial charge on any atom is -0.285 e. The summed E-state index contributed by atoms with van der Waals surface area (Å²) in [6, 6.07) is 0. The van der Waals surface area contributed by atoms with Gasteiger partial charge in [-0.1, -0.05) is 52.9 Å².